The number of benzene rings is 1. The lowest BCUT2D eigenvalue weighted by Gasteiger charge is -2.40. The van der Waals surface area contributed by atoms with Gasteiger partial charge in [-0.3, -0.25) is 9.80 Å². The molecule has 1 aromatic carbocycles. The molecule has 1 fully saturated rings. The summed E-state index contributed by atoms with van der Waals surface area (Å²) in [5.74, 6) is -0.427. The number of esters is 1. The molecule has 1 atom stereocenters. The Morgan fingerprint density at radius 2 is 1.80 bits per heavy atom. The summed E-state index contributed by atoms with van der Waals surface area (Å²) < 4.78 is 5.45. The predicted octanol–water partition coefficient (Wildman–Crippen LogP) is 2.94. The Labute approximate surface area is 208 Å². The predicted molar refractivity (Wildman–Crippen MR) is 135 cm³/mol. The minimum atomic E-state index is -0.591. The van der Waals surface area contributed by atoms with Crippen LogP contribution in [-0.2, 0) is 9.53 Å². The molecule has 2 heterocycles. The van der Waals surface area contributed by atoms with Gasteiger partial charge in [0.15, 0.2) is 0 Å². The number of nitrogens with zero attached hydrogens (tertiary/aromatic N) is 3. The zero-order valence-corrected chi connectivity index (χ0v) is 22.0. The molecule has 192 valence electrons. The Kier molecular flexibility index (Phi) is 8.10. The first kappa shape index (κ1) is 26.5. The number of carbonyl (C=O) groups is 3. The van der Waals surface area contributed by atoms with E-state index >= 15 is 0 Å². The summed E-state index contributed by atoms with van der Waals surface area (Å²) in [6.45, 7) is 14.7. The number of rotatable bonds is 5. The van der Waals surface area contributed by atoms with Gasteiger partial charge in [-0.05, 0) is 52.7 Å². The molecular formula is C26H39N5O4. The van der Waals surface area contributed by atoms with Crippen molar-refractivity contribution < 1.29 is 19.1 Å². The monoisotopic (exact) mass is 485 g/mol. The fourth-order valence-electron chi connectivity index (χ4n) is 4.42. The maximum atomic E-state index is 13.2. The molecule has 0 aliphatic carbocycles. The van der Waals surface area contributed by atoms with Gasteiger partial charge < -0.3 is 20.3 Å². The number of hydrogen-bond acceptors (Lipinski definition) is 5. The number of likely N-dealkylation sites (N-methyl/N-ethyl adjacent to an activating group) is 1. The standard InChI is InChI=1S/C26H39N5O4/c1-8-35-23(32)21-20(16-30-11-13-31(14-12-30)25(34)28-26(4,5)6)29(7)24(33)27-22(21)19-15-17(2)9-10-18(19)3/h9-10,15,22H,8,11-14,16H2,1-7H3,(H,27,33)(H,28,34)/t22-/m1/s1. The van der Waals surface area contributed by atoms with Crippen LogP contribution >= 0.6 is 0 Å². The SMILES string of the molecule is CCOC(=O)C1=C(CN2CCN(C(=O)NC(C)(C)C)CC2)N(C)C(=O)N[C@@H]1c1cc(C)ccc1C. The number of urea groups is 2. The summed E-state index contributed by atoms with van der Waals surface area (Å²) in [5, 5.41) is 6.00. The summed E-state index contributed by atoms with van der Waals surface area (Å²) in [6, 6.07) is 5.09. The molecule has 0 aromatic heterocycles. The molecule has 0 bridgehead atoms. The second-order valence-electron chi connectivity index (χ2n) is 10.3. The molecular weight excluding hydrogens is 446 g/mol. The topological polar surface area (TPSA) is 94.2 Å². The molecule has 35 heavy (non-hydrogen) atoms. The quantitative estimate of drug-likeness (QED) is 0.626. The Morgan fingerprint density at radius 3 is 2.40 bits per heavy atom. The van der Waals surface area contributed by atoms with E-state index in [1.54, 1.807) is 18.9 Å². The first-order valence-electron chi connectivity index (χ1n) is 12.2. The maximum absolute atomic E-state index is 13.2. The highest BCUT2D eigenvalue weighted by molar-refractivity contribution is 5.95. The van der Waals surface area contributed by atoms with Crippen LogP contribution in [0, 0.1) is 13.8 Å². The van der Waals surface area contributed by atoms with E-state index in [1.165, 1.54) is 4.90 Å². The van der Waals surface area contributed by atoms with Crippen LogP contribution in [0.25, 0.3) is 0 Å². The number of amides is 4. The second kappa shape index (κ2) is 10.7. The van der Waals surface area contributed by atoms with Crippen molar-refractivity contribution in [1.29, 1.82) is 0 Å². The molecule has 4 amide bonds. The Balaban J connectivity index is 1.89. The van der Waals surface area contributed by atoms with Gasteiger partial charge in [0.25, 0.3) is 0 Å². The Morgan fingerprint density at radius 1 is 1.14 bits per heavy atom. The third kappa shape index (κ3) is 6.33. The van der Waals surface area contributed by atoms with Gasteiger partial charge in [-0.2, -0.15) is 0 Å². The van der Waals surface area contributed by atoms with Gasteiger partial charge in [-0.25, -0.2) is 14.4 Å². The molecule has 1 saturated heterocycles. The van der Waals surface area contributed by atoms with Crippen molar-refractivity contribution in [2.24, 2.45) is 0 Å². The smallest absolute Gasteiger partial charge is 0.338 e. The summed E-state index contributed by atoms with van der Waals surface area (Å²) in [5.41, 5.74) is 3.71. The minimum absolute atomic E-state index is 0.0762. The molecule has 0 saturated carbocycles. The lowest BCUT2D eigenvalue weighted by atomic mass is 9.90. The van der Waals surface area contributed by atoms with Gasteiger partial charge in [0.2, 0.25) is 0 Å². The molecule has 0 radical (unpaired) electrons. The van der Waals surface area contributed by atoms with Crippen LogP contribution in [0.3, 0.4) is 0 Å². The average Bonchev–Trinajstić information content (AvgIpc) is 2.77. The van der Waals surface area contributed by atoms with Crippen molar-refractivity contribution >= 4 is 18.0 Å². The van der Waals surface area contributed by atoms with E-state index < -0.39 is 12.0 Å². The van der Waals surface area contributed by atoms with Crippen molar-refractivity contribution in [2.75, 3.05) is 46.4 Å². The van der Waals surface area contributed by atoms with Crippen molar-refractivity contribution in [3.63, 3.8) is 0 Å². The summed E-state index contributed by atoms with van der Waals surface area (Å²) in [4.78, 5) is 44.2. The van der Waals surface area contributed by atoms with Gasteiger partial charge in [0.05, 0.1) is 18.2 Å². The van der Waals surface area contributed by atoms with Crippen LogP contribution in [0.1, 0.15) is 50.4 Å². The van der Waals surface area contributed by atoms with Crippen LogP contribution in [0.4, 0.5) is 9.59 Å². The minimum Gasteiger partial charge on any atom is -0.463 e. The molecule has 2 N–H and O–H groups in total. The van der Waals surface area contributed by atoms with Crippen molar-refractivity contribution in [2.45, 2.75) is 53.1 Å². The normalized spacial score (nSPS) is 19.5. The van der Waals surface area contributed by atoms with Crippen LogP contribution in [0.5, 0.6) is 0 Å². The molecule has 1 aromatic rings. The number of aryl methyl sites for hydroxylation is 2. The number of nitrogens with one attached hydrogen (secondary N) is 2. The molecule has 0 unspecified atom stereocenters. The van der Waals surface area contributed by atoms with Crippen molar-refractivity contribution in [3.8, 4) is 0 Å². The highest BCUT2D eigenvalue weighted by Crippen LogP contribution is 2.33. The third-order valence-electron chi connectivity index (χ3n) is 6.33. The highest BCUT2D eigenvalue weighted by Gasteiger charge is 2.38. The van der Waals surface area contributed by atoms with E-state index in [0.717, 1.165) is 16.7 Å². The molecule has 3 rings (SSSR count). The van der Waals surface area contributed by atoms with Gasteiger partial charge in [-0.1, -0.05) is 23.8 Å². The fourth-order valence-corrected chi connectivity index (χ4v) is 4.42. The molecule has 0 spiro atoms. The Bertz CT molecular complexity index is 1010. The van der Waals surface area contributed by atoms with Crippen LogP contribution in [0.2, 0.25) is 0 Å². The zero-order chi connectivity index (χ0) is 25.9. The first-order valence-corrected chi connectivity index (χ1v) is 12.2. The lowest BCUT2D eigenvalue weighted by molar-refractivity contribution is -0.139. The van der Waals surface area contributed by atoms with E-state index in [0.29, 0.717) is 44.0 Å². The summed E-state index contributed by atoms with van der Waals surface area (Å²) in [7, 11) is 1.68. The van der Waals surface area contributed by atoms with Gasteiger partial charge in [-0.15, -0.1) is 0 Å². The molecule has 9 nitrogen and oxygen atoms in total. The van der Waals surface area contributed by atoms with E-state index in [9.17, 15) is 14.4 Å². The maximum Gasteiger partial charge on any atom is 0.338 e. The highest BCUT2D eigenvalue weighted by atomic mass is 16.5. The molecule has 9 heteroatoms. The number of ether oxygens (including phenoxy) is 1. The van der Waals surface area contributed by atoms with Crippen LogP contribution in [-0.4, -0.2) is 84.6 Å². The van der Waals surface area contributed by atoms with Crippen LogP contribution < -0.4 is 10.6 Å². The second-order valence-corrected chi connectivity index (χ2v) is 10.3. The van der Waals surface area contributed by atoms with Crippen molar-refractivity contribution in [1.82, 2.24) is 25.3 Å². The van der Waals surface area contributed by atoms with Crippen molar-refractivity contribution in [3.05, 3.63) is 46.2 Å². The van der Waals surface area contributed by atoms with Crippen LogP contribution in [0.15, 0.2) is 29.5 Å². The number of carbonyl (C=O) groups excluding carboxylic acids is 3. The third-order valence-corrected chi connectivity index (χ3v) is 6.33. The number of piperazine rings is 1. The van der Waals surface area contributed by atoms with Gasteiger partial charge >= 0.3 is 18.0 Å². The first-order chi connectivity index (χ1) is 16.4. The fraction of sp³-hybridized carbons (Fsp3) is 0.577. The van der Waals surface area contributed by atoms with E-state index in [4.69, 9.17) is 4.74 Å². The van der Waals surface area contributed by atoms with E-state index in [2.05, 4.69) is 15.5 Å². The number of hydrogen-bond donors (Lipinski definition) is 2. The summed E-state index contributed by atoms with van der Waals surface area (Å²) in [6.07, 6.45) is 0. The average molecular weight is 486 g/mol. The zero-order valence-electron chi connectivity index (χ0n) is 22.0. The van der Waals surface area contributed by atoms with Gasteiger partial charge in [0.1, 0.15) is 0 Å². The summed E-state index contributed by atoms with van der Waals surface area (Å²) >= 11 is 0. The van der Waals surface area contributed by atoms with Gasteiger partial charge in [0, 0.05) is 51.0 Å². The largest absolute Gasteiger partial charge is 0.463 e. The molecule has 2 aliphatic rings. The lowest BCUT2D eigenvalue weighted by Crippen LogP contribution is -2.56. The molecule has 2 aliphatic heterocycles. The Hall–Kier alpha value is -3.07. The van der Waals surface area contributed by atoms with E-state index in [1.807, 2.05) is 52.8 Å². The van der Waals surface area contributed by atoms with E-state index in [-0.39, 0.29) is 24.2 Å².